The van der Waals surface area contributed by atoms with Crippen LogP contribution in [-0.2, 0) is 0 Å². The Morgan fingerprint density at radius 1 is 1.06 bits per heavy atom. The minimum Gasteiger partial charge on any atom is -0.437 e. The van der Waals surface area contributed by atoms with Crippen LogP contribution in [0.2, 0.25) is 0 Å². The molecule has 5 rings (SSSR count). The Morgan fingerprint density at radius 2 is 1.91 bits per heavy atom. The lowest BCUT2D eigenvalue weighted by Gasteiger charge is -2.15. The quantitative estimate of drug-likeness (QED) is 0.181. The summed E-state index contributed by atoms with van der Waals surface area (Å²) < 4.78 is 6.31. The van der Waals surface area contributed by atoms with Crippen molar-refractivity contribution in [3.63, 3.8) is 0 Å². The summed E-state index contributed by atoms with van der Waals surface area (Å²) in [6, 6.07) is 17.5. The second-order valence-corrected chi connectivity index (χ2v) is 9.00. The number of hydrogen-bond acceptors (Lipinski definition) is 3. The van der Waals surface area contributed by atoms with Crippen molar-refractivity contribution in [3.8, 4) is 0 Å². The third-order valence-corrected chi connectivity index (χ3v) is 6.93. The van der Waals surface area contributed by atoms with Crippen molar-refractivity contribution in [2.45, 2.75) is 45.4 Å². The van der Waals surface area contributed by atoms with Gasteiger partial charge in [0.05, 0.1) is 0 Å². The molecular weight excluding hydrogens is 404 g/mol. The maximum Gasteiger partial charge on any atom is 0.227 e. The van der Waals surface area contributed by atoms with Crippen molar-refractivity contribution in [2.75, 3.05) is 7.05 Å². The number of nitrogens with zero attached hydrogens (tertiary/aromatic N) is 2. The number of allylic oxidation sites excluding steroid dienone is 4. The maximum atomic E-state index is 6.31. The van der Waals surface area contributed by atoms with E-state index >= 15 is 0 Å². The highest BCUT2D eigenvalue weighted by atomic mass is 16.3. The predicted octanol–water partition coefficient (Wildman–Crippen LogP) is 8.13. The number of benzene rings is 2. The number of aromatic nitrogens is 1. The topological polar surface area (TPSA) is 38.4 Å². The Bertz CT molecular complexity index is 1400. The first-order chi connectivity index (χ1) is 16.2. The second-order valence-electron chi connectivity index (χ2n) is 9.00. The van der Waals surface area contributed by atoms with Crippen LogP contribution in [0.1, 0.15) is 60.8 Å². The van der Waals surface area contributed by atoms with E-state index in [0.717, 1.165) is 21.9 Å². The van der Waals surface area contributed by atoms with Gasteiger partial charge in [-0.25, -0.2) is 4.98 Å². The molecule has 2 heterocycles. The summed E-state index contributed by atoms with van der Waals surface area (Å²) in [4.78, 5) is 8.60. The minimum absolute atomic E-state index is 0.680. The van der Waals surface area contributed by atoms with Crippen LogP contribution in [0.3, 0.4) is 0 Å². The van der Waals surface area contributed by atoms with Crippen LogP contribution in [0, 0.1) is 6.92 Å². The average Bonchev–Trinajstić information content (AvgIpc) is 3.50. The zero-order valence-electron chi connectivity index (χ0n) is 19.6. The molecule has 1 aliphatic carbocycles. The second kappa shape index (κ2) is 9.19. The van der Waals surface area contributed by atoms with Gasteiger partial charge >= 0.3 is 0 Å². The molecule has 0 aliphatic heterocycles. The molecule has 0 N–H and O–H groups in total. The maximum absolute atomic E-state index is 6.31. The van der Waals surface area contributed by atoms with Gasteiger partial charge in [0.2, 0.25) is 5.71 Å². The molecule has 33 heavy (non-hydrogen) atoms. The van der Waals surface area contributed by atoms with E-state index in [1.807, 2.05) is 18.4 Å². The van der Waals surface area contributed by atoms with E-state index in [9.17, 15) is 0 Å². The highest BCUT2D eigenvalue weighted by Gasteiger charge is 2.19. The lowest BCUT2D eigenvalue weighted by Crippen LogP contribution is -1.96. The van der Waals surface area contributed by atoms with Crippen LogP contribution >= 0.6 is 0 Å². The van der Waals surface area contributed by atoms with E-state index in [-0.39, 0.29) is 0 Å². The smallest absolute Gasteiger partial charge is 0.227 e. The van der Waals surface area contributed by atoms with E-state index in [1.54, 1.807) is 13.2 Å². The molecule has 1 fully saturated rings. The van der Waals surface area contributed by atoms with Crippen LogP contribution in [0.4, 0.5) is 0 Å². The van der Waals surface area contributed by atoms with Gasteiger partial charge in [-0.2, -0.15) is 0 Å². The number of aryl methyl sites for hydroxylation is 1. The fraction of sp³-hybridized carbons (Fsp3) is 0.267. The highest BCUT2D eigenvalue weighted by molar-refractivity contribution is 6.10. The number of fused-ring (bicyclic) bond motifs is 3. The Hall–Kier alpha value is -3.46. The van der Waals surface area contributed by atoms with Crippen LogP contribution in [-0.4, -0.2) is 18.2 Å². The SMILES string of the molecule is C/N=C/C=C\C(=C(/C)c1c(C)ccc2c1oc1ncccc12)c1cccc(C2CCCC2)c1. The molecule has 2 aromatic heterocycles. The van der Waals surface area contributed by atoms with Crippen LogP contribution in [0.15, 0.2) is 76.3 Å². The molecule has 0 amide bonds. The molecule has 2 aromatic carbocycles. The summed E-state index contributed by atoms with van der Waals surface area (Å²) in [5.74, 6) is 0.680. The normalized spacial score (nSPS) is 16.0. The van der Waals surface area contributed by atoms with E-state index in [2.05, 4.69) is 72.4 Å². The van der Waals surface area contributed by atoms with Crippen molar-refractivity contribution >= 4 is 39.4 Å². The zero-order chi connectivity index (χ0) is 22.8. The number of rotatable bonds is 5. The third kappa shape index (κ3) is 4.04. The molecule has 4 aromatic rings. The molecule has 0 atom stereocenters. The molecule has 3 nitrogen and oxygen atoms in total. The van der Waals surface area contributed by atoms with Gasteiger partial charge in [0.15, 0.2) is 0 Å². The van der Waals surface area contributed by atoms with Gasteiger partial charge in [-0.1, -0.05) is 55.3 Å². The van der Waals surface area contributed by atoms with E-state index in [0.29, 0.717) is 11.6 Å². The Balaban J connectivity index is 1.73. The first-order valence-electron chi connectivity index (χ1n) is 11.8. The molecule has 166 valence electrons. The number of aliphatic imine (C=N–C) groups is 1. The molecule has 3 heteroatoms. The van der Waals surface area contributed by atoms with Gasteiger partial charge in [-0.3, -0.25) is 4.99 Å². The van der Waals surface area contributed by atoms with Crippen LogP contribution in [0.25, 0.3) is 33.2 Å². The van der Waals surface area contributed by atoms with Crippen molar-refractivity contribution in [3.05, 3.63) is 89.1 Å². The van der Waals surface area contributed by atoms with E-state index in [1.165, 1.54) is 53.5 Å². The van der Waals surface area contributed by atoms with Gasteiger partial charge in [-0.05, 0) is 78.7 Å². The van der Waals surface area contributed by atoms with Crippen molar-refractivity contribution in [1.29, 1.82) is 0 Å². The van der Waals surface area contributed by atoms with Gasteiger partial charge in [-0.15, -0.1) is 0 Å². The van der Waals surface area contributed by atoms with Gasteiger partial charge in [0.25, 0.3) is 0 Å². The molecule has 1 aliphatic rings. The summed E-state index contributed by atoms with van der Waals surface area (Å²) in [6.07, 6.45) is 13.1. The van der Waals surface area contributed by atoms with Crippen molar-refractivity contribution in [2.24, 2.45) is 4.99 Å². The predicted molar refractivity (Wildman–Crippen MR) is 140 cm³/mol. The first kappa shape index (κ1) is 21.4. The molecule has 0 spiro atoms. The molecule has 0 saturated heterocycles. The summed E-state index contributed by atoms with van der Waals surface area (Å²) >= 11 is 0. The van der Waals surface area contributed by atoms with Crippen LogP contribution < -0.4 is 0 Å². The zero-order valence-corrected chi connectivity index (χ0v) is 19.6. The summed E-state index contributed by atoms with van der Waals surface area (Å²) in [5.41, 5.74) is 9.01. The fourth-order valence-electron chi connectivity index (χ4n) is 5.26. The lowest BCUT2D eigenvalue weighted by atomic mass is 9.89. The highest BCUT2D eigenvalue weighted by Crippen LogP contribution is 2.39. The standard InChI is InChI=1S/C30H30N2O/c1-20-15-16-26-27-14-8-18-32-30(27)33-29(26)28(20)21(2)25(13-7-17-31-3)24-12-6-11-23(19-24)22-9-4-5-10-22/h6-8,11-19,22H,4-5,9-10H2,1-3H3/b13-7-,25-21-,31-17+. The average molecular weight is 435 g/mol. The molecule has 0 unspecified atom stereocenters. The fourth-order valence-corrected chi connectivity index (χ4v) is 5.26. The van der Waals surface area contributed by atoms with Gasteiger partial charge in [0.1, 0.15) is 5.58 Å². The van der Waals surface area contributed by atoms with Crippen molar-refractivity contribution in [1.82, 2.24) is 4.98 Å². The summed E-state index contributed by atoms with van der Waals surface area (Å²) in [5, 5.41) is 2.16. The Morgan fingerprint density at radius 3 is 2.73 bits per heavy atom. The van der Waals surface area contributed by atoms with Gasteiger partial charge in [0, 0.05) is 35.8 Å². The largest absolute Gasteiger partial charge is 0.437 e. The van der Waals surface area contributed by atoms with Gasteiger partial charge < -0.3 is 4.42 Å². The summed E-state index contributed by atoms with van der Waals surface area (Å²) in [7, 11) is 1.80. The van der Waals surface area contributed by atoms with Crippen LogP contribution in [0.5, 0.6) is 0 Å². The molecule has 0 bridgehead atoms. The molecular formula is C30H30N2O. The molecule has 0 radical (unpaired) electrons. The minimum atomic E-state index is 0.680. The van der Waals surface area contributed by atoms with E-state index < -0.39 is 0 Å². The summed E-state index contributed by atoms with van der Waals surface area (Å²) in [6.45, 7) is 4.36. The number of pyridine rings is 1. The number of furan rings is 1. The lowest BCUT2D eigenvalue weighted by molar-refractivity contribution is 0.652. The van der Waals surface area contributed by atoms with Crippen molar-refractivity contribution < 1.29 is 4.42 Å². The first-order valence-corrected chi connectivity index (χ1v) is 11.8. The third-order valence-electron chi connectivity index (χ3n) is 6.93. The molecule has 1 saturated carbocycles. The number of hydrogen-bond donors (Lipinski definition) is 0. The van der Waals surface area contributed by atoms with E-state index in [4.69, 9.17) is 4.42 Å². The Labute approximate surface area is 195 Å². The Kier molecular flexibility index (Phi) is 5.95. The monoisotopic (exact) mass is 434 g/mol.